The molecular formula is C14H21N3O4. The molecule has 3 N–H and O–H groups in total. The van der Waals surface area contributed by atoms with Gasteiger partial charge in [0.05, 0.1) is 17.4 Å². The number of rotatable bonds is 7. The molecule has 0 atom stereocenters. The van der Waals surface area contributed by atoms with E-state index in [0.29, 0.717) is 18.5 Å². The van der Waals surface area contributed by atoms with Gasteiger partial charge in [0.15, 0.2) is 5.75 Å². The second kappa shape index (κ2) is 7.03. The van der Waals surface area contributed by atoms with Gasteiger partial charge in [-0.2, -0.15) is 0 Å². The van der Waals surface area contributed by atoms with Crippen LogP contribution in [0, 0.1) is 15.5 Å². The lowest BCUT2D eigenvalue weighted by atomic mass is 9.81. The summed E-state index contributed by atoms with van der Waals surface area (Å²) in [7, 11) is 1.36. The van der Waals surface area contributed by atoms with Crippen molar-refractivity contribution in [3.05, 3.63) is 28.3 Å². The van der Waals surface area contributed by atoms with Gasteiger partial charge in [0.25, 0.3) is 0 Å². The summed E-state index contributed by atoms with van der Waals surface area (Å²) in [6.45, 7) is 4.02. The number of nitrogens with two attached hydrogens (primary N) is 1. The van der Waals surface area contributed by atoms with Crippen molar-refractivity contribution in [2.45, 2.75) is 26.7 Å². The summed E-state index contributed by atoms with van der Waals surface area (Å²) in [6.07, 6.45) is 1.20. The molecule has 116 valence electrons. The smallest absolute Gasteiger partial charge is 0.312 e. The average Bonchev–Trinajstić information content (AvgIpc) is 2.49. The second-order valence-corrected chi connectivity index (χ2v) is 4.79. The van der Waals surface area contributed by atoms with Crippen molar-refractivity contribution in [2.24, 2.45) is 11.1 Å². The number of methoxy groups -OCH3 is 1. The molecule has 0 fully saturated rings. The fourth-order valence-electron chi connectivity index (χ4n) is 2.13. The first-order valence-electron chi connectivity index (χ1n) is 6.78. The Labute approximate surface area is 123 Å². The van der Waals surface area contributed by atoms with Gasteiger partial charge in [-0.1, -0.05) is 13.8 Å². The predicted octanol–water partition coefficient (Wildman–Crippen LogP) is 2.31. The predicted molar refractivity (Wildman–Crippen MR) is 80.3 cm³/mol. The molecule has 0 saturated heterocycles. The highest BCUT2D eigenvalue weighted by Crippen LogP contribution is 2.31. The molecule has 0 spiro atoms. The van der Waals surface area contributed by atoms with E-state index in [0.717, 1.165) is 0 Å². The Morgan fingerprint density at radius 2 is 2.05 bits per heavy atom. The van der Waals surface area contributed by atoms with Crippen LogP contribution in [-0.4, -0.2) is 24.5 Å². The number of anilines is 1. The van der Waals surface area contributed by atoms with E-state index < -0.39 is 10.3 Å². The number of nitro benzene ring substituents is 1. The Morgan fingerprint density at radius 3 is 2.48 bits per heavy atom. The van der Waals surface area contributed by atoms with Gasteiger partial charge in [-0.05, 0) is 25.0 Å². The minimum absolute atomic E-state index is 0.147. The van der Waals surface area contributed by atoms with Gasteiger partial charge in [0, 0.05) is 18.3 Å². The summed E-state index contributed by atoms with van der Waals surface area (Å²) in [5.41, 5.74) is 5.22. The van der Waals surface area contributed by atoms with Crippen LogP contribution < -0.4 is 15.8 Å². The van der Waals surface area contributed by atoms with Crippen molar-refractivity contribution in [2.75, 3.05) is 19.0 Å². The zero-order valence-electron chi connectivity index (χ0n) is 12.5. The van der Waals surface area contributed by atoms with E-state index in [1.165, 1.54) is 19.2 Å². The first-order chi connectivity index (χ1) is 9.93. The molecule has 0 aliphatic heterocycles. The Balaban J connectivity index is 3.06. The maximum absolute atomic E-state index is 12.4. The average molecular weight is 295 g/mol. The van der Waals surface area contributed by atoms with Crippen molar-refractivity contribution in [1.29, 1.82) is 0 Å². The van der Waals surface area contributed by atoms with Crippen LogP contribution in [0.4, 0.5) is 11.4 Å². The number of nitro groups is 1. The fourth-order valence-corrected chi connectivity index (χ4v) is 2.13. The second-order valence-electron chi connectivity index (χ2n) is 4.79. The van der Waals surface area contributed by atoms with Gasteiger partial charge in [0.2, 0.25) is 5.91 Å². The number of benzene rings is 1. The molecule has 0 aliphatic carbocycles. The van der Waals surface area contributed by atoms with Gasteiger partial charge < -0.3 is 15.8 Å². The molecule has 0 saturated carbocycles. The first-order valence-corrected chi connectivity index (χ1v) is 6.78. The number of nitrogens with zero attached hydrogens (tertiary/aromatic N) is 1. The van der Waals surface area contributed by atoms with Crippen molar-refractivity contribution in [3.8, 4) is 5.75 Å². The van der Waals surface area contributed by atoms with Crippen LogP contribution >= 0.6 is 0 Å². The number of amides is 1. The monoisotopic (exact) mass is 295 g/mol. The standard InChI is InChI=1S/C14H21N3O4/c1-4-14(5-2,9-15)13(18)16-10-6-7-12(21-3)11(8-10)17(19)20/h6-8H,4-5,9,15H2,1-3H3,(H,16,18). The highest BCUT2D eigenvalue weighted by atomic mass is 16.6. The number of hydrogen-bond donors (Lipinski definition) is 2. The summed E-state index contributed by atoms with van der Waals surface area (Å²) in [5.74, 6) is -0.0801. The lowest BCUT2D eigenvalue weighted by Gasteiger charge is -2.28. The Hall–Kier alpha value is -2.15. The molecule has 1 rings (SSSR count). The molecule has 7 heteroatoms. The minimum Gasteiger partial charge on any atom is -0.490 e. The molecule has 1 aromatic rings. The molecule has 21 heavy (non-hydrogen) atoms. The normalized spacial score (nSPS) is 11.0. The Morgan fingerprint density at radius 1 is 1.43 bits per heavy atom. The van der Waals surface area contributed by atoms with E-state index in [2.05, 4.69) is 5.32 Å². The van der Waals surface area contributed by atoms with E-state index >= 15 is 0 Å². The molecule has 0 bridgehead atoms. The summed E-state index contributed by atoms with van der Waals surface area (Å²) < 4.78 is 4.92. The third-order valence-electron chi connectivity index (χ3n) is 3.86. The number of ether oxygens (including phenoxy) is 1. The Kier molecular flexibility index (Phi) is 5.66. The van der Waals surface area contributed by atoms with Crippen molar-refractivity contribution in [1.82, 2.24) is 0 Å². The van der Waals surface area contributed by atoms with Crippen LogP contribution in [0.25, 0.3) is 0 Å². The van der Waals surface area contributed by atoms with E-state index in [9.17, 15) is 14.9 Å². The maximum Gasteiger partial charge on any atom is 0.312 e. The highest BCUT2D eigenvalue weighted by Gasteiger charge is 2.33. The van der Waals surface area contributed by atoms with Crippen molar-refractivity contribution in [3.63, 3.8) is 0 Å². The summed E-state index contributed by atoms with van der Waals surface area (Å²) in [5, 5.41) is 13.7. The molecular weight excluding hydrogens is 274 g/mol. The number of hydrogen-bond acceptors (Lipinski definition) is 5. The summed E-state index contributed by atoms with van der Waals surface area (Å²) in [6, 6.07) is 4.30. The molecule has 0 aromatic heterocycles. The quantitative estimate of drug-likeness (QED) is 0.593. The van der Waals surface area contributed by atoms with E-state index in [1.54, 1.807) is 6.07 Å². The van der Waals surface area contributed by atoms with Crippen LogP contribution in [0.1, 0.15) is 26.7 Å². The molecule has 7 nitrogen and oxygen atoms in total. The third kappa shape index (κ3) is 3.49. The first kappa shape index (κ1) is 16.9. The lowest BCUT2D eigenvalue weighted by Crippen LogP contribution is -2.41. The Bertz CT molecular complexity index is 519. The van der Waals surface area contributed by atoms with Crippen molar-refractivity contribution >= 4 is 17.3 Å². The molecule has 0 unspecified atom stereocenters. The van der Waals surface area contributed by atoms with Crippen LogP contribution in [-0.2, 0) is 4.79 Å². The molecule has 0 radical (unpaired) electrons. The van der Waals surface area contributed by atoms with E-state index in [1.807, 2.05) is 13.8 Å². The van der Waals surface area contributed by atoms with E-state index in [-0.39, 0.29) is 23.9 Å². The largest absolute Gasteiger partial charge is 0.490 e. The molecule has 0 heterocycles. The van der Waals surface area contributed by atoms with Crippen LogP contribution in [0.5, 0.6) is 5.75 Å². The third-order valence-corrected chi connectivity index (χ3v) is 3.86. The minimum atomic E-state index is -0.658. The highest BCUT2D eigenvalue weighted by molar-refractivity contribution is 5.95. The topological polar surface area (TPSA) is 107 Å². The lowest BCUT2D eigenvalue weighted by molar-refractivity contribution is -0.385. The zero-order valence-corrected chi connectivity index (χ0v) is 12.5. The zero-order chi connectivity index (χ0) is 16.0. The maximum atomic E-state index is 12.4. The SMILES string of the molecule is CCC(CC)(CN)C(=O)Nc1ccc(OC)c([N+](=O)[O-])c1. The molecule has 0 aliphatic rings. The fraction of sp³-hybridized carbons (Fsp3) is 0.500. The van der Waals surface area contributed by atoms with Crippen LogP contribution in [0.3, 0.4) is 0 Å². The molecule has 1 aromatic carbocycles. The van der Waals surface area contributed by atoms with Crippen molar-refractivity contribution < 1.29 is 14.5 Å². The van der Waals surface area contributed by atoms with Crippen LogP contribution in [0.15, 0.2) is 18.2 Å². The van der Waals surface area contributed by atoms with Gasteiger partial charge in [0.1, 0.15) is 0 Å². The van der Waals surface area contributed by atoms with Gasteiger partial charge >= 0.3 is 5.69 Å². The van der Waals surface area contributed by atoms with E-state index in [4.69, 9.17) is 10.5 Å². The number of carbonyl (C=O) groups excluding carboxylic acids is 1. The number of nitrogens with one attached hydrogen (secondary N) is 1. The van der Waals surface area contributed by atoms with Crippen LogP contribution in [0.2, 0.25) is 0 Å². The number of carbonyl (C=O) groups is 1. The summed E-state index contributed by atoms with van der Waals surface area (Å²) in [4.78, 5) is 22.8. The van der Waals surface area contributed by atoms with Gasteiger partial charge in [-0.3, -0.25) is 14.9 Å². The molecule has 1 amide bonds. The summed E-state index contributed by atoms with van der Waals surface area (Å²) >= 11 is 0. The van der Waals surface area contributed by atoms with Gasteiger partial charge in [-0.15, -0.1) is 0 Å². The van der Waals surface area contributed by atoms with Gasteiger partial charge in [-0.25, -0.2) is 0 Å².